The third kappa shape index (κ3) is 1.93. The van der Waals surface area contributed by atoms with Gasteiger partial charge in [-0.25, -0.2) is 4.79 Å². The standard InChI is InChI=1S/C11H13ClN2O3S/c1-3-6-13-7-9(15)14(10(7)18-6)8(11(16)17)5(2)4-12/h7-8,10H,2-4H2,1H3,(H,16,17). The van der Waals surface area contributed by atoms with Crippen molar-refractivity contribution in [3.63, 3.8) is 0 Å². The lowest BCUT2D eigenvalue weighted by Crippen LogP contribution is -2.66. The summed E-state index contributed by atoms with van der Waals surface area (Å²) in [6, 6.07) is -1.47. The van der Waals surface area contributed by atoms with Gasteiger partial charge in [-0.05, 0) is 12.0 Å². The van der Waals surface area contributed by atoms with Crippen molar-refractivity contribution in [1.29, 1.82) is 0 Å². The molecule has 0 aromatic carbocycles. The third-order valence-corrected chi connectivity index (χ3v) is 4.70. The maximum absolute atomic E-state index is 11.9. The number of amides is 1. The lowest BCUT2D eigenvalue weighted by Gasteiger charge is -2.44. The van der Waals surface area contributed by atoms with Crippen LogP contribution < -0.4 is 0 Å². The SMILES string of the molecule is C=C(CCl)C(C(=O)O)N1C(=O)C2N=C(CC)SC21. The van der Waals surface area contributed by atoms with Gasteiger partial charge in [0.1, 0.15) is 5.37 Å². The van der Waals surface area contributed by atoms with E-state index in [0.717, 1.165) is 11.5 Å². The van der Waals surface area contributed by atoms with Crippen LogP contribution in [0.1, 0.15) is 13.3 Å². The highest BCUT2D eigenvalue weighted by molar-refractivity contribution is 8.14. The number of nitrogens with zero attached hydrogens (tertiary/aromatic N) is 2. The van der Waals surface area contributed by atoms with E-state index >= 15 is 0 Å². The van der Waals surface area contributed by atoms with Gasteiger partial charge in [0.2, 0.25) is 0 Å². The Hall–Kier alpha value is -1.01. The molecule has 3 atom stereocenters. The van der Waals surface area contributed by atoms with E-state index in [-0.39, 0.29) is 17.2 Å². The van der Waals surface area contributed by atoms with Gasteiger partial charge in [0.15, 0.2) is 12.1 Å². The Morgan fingerprint density at radius 2 is 2.39 bits per heavy atom. The number of fused-ring (bicyclic) bond motifs is 1. The van der Waals surface area contributed by atoms with Crippen molar-refractivity contribution >= 4 is 40.3 Å². The van der Waals surface area contributed by atoms with E-state index in [1.165, 1.54) is 16.7 Å². The fourth-order valence-corrected chi connectivity index (χ4v) is 3.46. The summed E-state index contributed by atoms with van der Waals surface area (Å²) in [5.41, 5.74) is 0.321. The van der Waals surface area contributed by atoms with Crippen molar-refractivity contribution in [3.05, 3.63) is 12.2 Å². The lowest BCUT2D eigenvalue weighted by molar-refractivity contribution is -0.157. The lowest BCUT2D eigenvalue weighted by atomic mass is 10.00. The zero-order valence-electron chi connectivity index (χ0n) is 9.80. The van der Waals surface area contributed by atoms with Crippen LogP contribution >= 0.6 is 23.4 Å². The average Bonchev–Trinajstić information content (AvgIpc) is 2.73. The number of hydrogen-bond donors (Lipinski definition) is 1. The van der Waals surface area contributed by atoms with Crippen LogP contribution in [0.4, 0.5) is 0 Å². The average molecular weight is 289 g/mol. The molecule has 2 heterocycles. The highest BCUT2D eigenvalue weighted by Gasteiger charge is 2.56. The van der Waals surface area contributed by atoms with Crippen molar-refractivity contribution < 1.29 is 14.7 Å². The molecule has 1 N–H and O–H groups in total. The molecular weight excluding hydrogens is 276 g/mol. The molecule has 98 valence electrons. The summed E-state index contributed by atoms with van der Waals surface area (Å²) < 4.78 is 0. The third-order valence-electron chi connectivity index (χ3n) is 2.96. The first-order valence-corrected chi connectivity index (χ1v) is 6.94. The smallest absolute Gasteiger partial charge is 0.330 e. The van der Waals surface area contributed by atoms with Gasteiger partial charge in [0.25, 0.3) is 5.91 Å². The van der Waals surface area contributed by atoms with Crippen LogP contribution in [0, 0.1) is 0 Å². The molecule has 0 aromatic heterocycles. The summed E-state index contributed by atoms with van der Waals surface area (Å²) in [5, 5.41) is 9.89. The zero-order valence-corrected chi connectivity index (χ0v) is 11.4. The van der Waals surface area contributed by atoms with Crippen molar-refractivity contribution in [2.75, 3.05) is 5.88 Å². The van der Waals surface area contributed by atoms with Crippen LogP contribution in [0.2, 0.25) is 0 Å². The summed E-state index contributed by atoms with van der Waals surface area (Å²) in [6.07, 6.45) is 0.757. The second-order valence-electron chi connectivity index (χ2n) is 4.11. The van der Waals surface area contributed by atoms with Gasteiger partial charge in [-0.2, -0.15) is 0 Å². The van der Waals surface area contributed by atoms with Crippen LogP contribution in [0.15, 0.2) is 17.1 Å². The molecular formula is C11H13ClN2O3S. The summed E-state index contributed by atoms with van der Waals surface area (Å²) in [4.78, 5) is 28.8. The normalized spacial score (nSPS) is 27.3. The molecule has 0 saturated carbocycles. The van der Waals surface area contributed by atoms with E-state index < -0.39 is 18.1 Å². The number of carbonyl (C=O) groups excluding carboxylic acids is 1. The molecule has 0 aliphatic carbocycles. The number of thioether (sulfide) groups is 1. The Labute approximate surface area is 114 Å². The molecule has 1 fully saturated rings. The van der Waals surface area contributed by atoms with E-state index in [0.29, 0.717) is 5.57 Å². The van der Waals surface area contributed by atoms with Crippen LogP contribution in [-0.4, -0.2) is 50.3 Å². The predicted octanol–water partition coefficient (Wildman–Crippen LogP) is 1.33. The molecule has 18 heavy (non-hydrogen) atoms. The van der Waals surface area contributed by atoms with E-state index in [9.17, 15) is 14.7 Å². The van der Waals surface area contributed by atoms with Crippen LogP contribution in [0.25, 0.3) is 0 Å². The minimum Gasteiger partial charge on any atom is -0.479 e. The van der Waals surface area contributed by atoms with E-state index in [2.05, 4.69) is 11.6 Å². The second-order valence-corrected chi connectivity index (χ2v) is 5.57. The summed E-state index contributed by atoms with van der Waals surface area (Å²) in [5.74, 6) is -1.34. The molecule has 1 amide bonds. The molecule has 0 aromatic rings. The minimum absolute atomic E-state index is 0.0181. The monoisotopic (exact) mass is 288 g/mol. The largest absolute Gasteiger partial charge is 0.479 e. The van der Waals surface area contributed by atoms with Crippen LogP contribution in [-0.2, 0) is 9.59 Å². The number of likely N-dealkylation sites (tertiary alicyclic amines) is 1. The Morgan fingerprint density at radius 1 is 1.72 bits per heavy atom. The fourth-order valence-electron chi connectivity index (χ4n) is 2.05. The number of carboxylic acid groups (broad SMARTS) is 1. The van der Waals surface area contributed by atoms with Crippen molar-refractivity contribution in [1.82, 2.24) is 4.90 Å². The van der Waals surface area contributed by atoms with E-state index in [4.69, 9.17) is 11.6 Å². The Morgan fingerprint density at radius 3 is 2.89 bits per heavy atom. The maximum Gasteiger partial charge on any atom is 0.330 e. The first-order valence-electron chi connectivity index (χ1n) is 5.53. The van der Waals surface area contributed by atoms with E-state index in [1.807, 2.05) is 6.92 Å². The Kier molecular flexibility index (Phi) is 3.68. The second kappa shape index (κ2) is 4.93. The van der Waals surface area contributed by atoms with Crippen molar-refractivity contribution in [2.24, 2.45) is 4.99 Å². The number of aliphatic carboxylic acids is 1. The maximum atomic E-state index is 11.9. The molecule has 5 nitrogen and oxygen atoms in total. The molecule has 0 bridgehead atoms. The highest BCUT2D eigenvalue weighted by atomic mass is 35.5. The van der Waals surface area contributed by atoms with Gasteiger partial charge in [-0.1, -0.05) is 25.3 Å². The summed E-state index contributed by atoms with van der Waals surface area (Å²) in [7, 11) is 0. The quantitative estimate of drug-likeness (QED) is 0.471. The van der Waals surface area contributed by atoms with Gasteiger partial charge in [0.05, 0.1) is 5.04 Å². The molecule has 2 aliphatic rings. The van der Waals surface area contributed by atoms with Gasteiger partial charge in [0, 0.05) is 5.88 Å². The molecule has 7 heteroatoms. The number of aliphatic imine (C=N–C) groups is 1. The summed E-state index contributed by atoms with van der Waals surface area (Å²) >= 11 is 7.08. The minimum atomic E-state index is -1.10. The Balaban J connectivity index is 2.18. The van der Waals surface area contributed by atoms with Gasteiger partial charge in [-0.15, -0.1) is 11.6 Å². The van der Waals surface area contributed by atoms with Crippen molar-refractivity contribution in [2.45, 2.75) is 30.8 Å². The number of halogens is 1. The Bertz CT molecular complexity index is 452. The molecule has 0 radical (unpaired) electrons. The molecule has 1 saturated heterocycles. The van der Waals surface area contributed by atoms with E-state index in [1.54, 1.807) is 0 Å². The molecule has 3 unspecified atom stereocenters. The number of β-lactam (4-membered cyclic amide) rings is 1. The number of alkyl halides is 1. The van der Waals surface area contributed by atoms with Gasteiger partial charge < -0.3 is 10.0 Å². The van der Waals surface area contributed by atoms with Crippen LogP contribution in [0.5, 0.6) is 0 Å². The first kappa shape index (κ1) is 13.4. The summed E-state index contributed by atoms with van der Waals surface area (Å²) in [6.45, 7) is 5.59. The molecule has 0 spiro atoms. The number of hydrogen-bond acceptors (Lipinski definition) is 4. The molecule has 2 aliphatic heterocycles. The fraction of sp³-hybridized carbons (Fsp3) is 0.545. The van der Waals surface area contributed by atoms with Gasteiger partial charge in [-0.3, -0.25) is 9.79 Å². The highest BCUT2D eigenvalue weighted by Crippen LogP contribution is 2.42. The number of carbonyl (C=O) groups is 2. The first-order chi connectivity index (χ1) is 8.51. The predicted molar refractivity (Wildman–Crippen MR) is 71.0 cm³/mol. The molecule has 2 rings (SSSR count). The number of carboxylic acids is 1. The topological polar surface area (TPSA) is 70.0 Å². The number of rotatable bonds is 5. The van der Waals surface area contributed by atoms with Gasteiger partial charge >= 0.3 is 5.97 Å². The van der Waals surface area contributed by atoms with Crippen molar-refractivity contribution in [3.8, 4) is 0 Å². The van der Waals surface area contributed by atoms with Crippen LogP contribution in [0.3, 0.4) is 0 Å². The zero-order chi connectivity index (χ0) is 13.4.